The van der Waals surface area contributed by atoms with E-state index in [2.05, 4.69) is 153 Å². The molecule has 0 radical (unpaired) electrons. The number of dihydropyridines is 1. The average Bonchev–Trinajstić information content (AvgIpc) is 3.07. The Bertz CT molecular complexity index is 2390. The van der Waals surface area contributed by atoms with Crippen LogP contribution >= 0.6 is 0 Å². The molecule has 1 N–H and O–H groups in total. The van der Waals surface area contributed by atoms with Gasteiger partial charge in [0.15, 0.2) is 0 Å². The topological polar surface area (TPSA) is 12.0 Å². The molecule has 9 rings (SSSR count). The minimum absolute atomic E-state index is 0.885. The van der Waals surface area contributed by atoms with Gasteiger partial charge in [-0.1, -0.05) is 115 Å². The molecule has 0 saturated heterocycles. The highest BCUT2D eigenvalue weighted by molar-refractivity contribution is 6.26. The van der Waals surface area contributed by atoms with Gasteiger partial charge in [0.05, 0.1) is 0 Å². The molecule has 8 aromatic rings. The number of hydrogen-bond donors (Lipinski definition) is 1. The van der Waals surface area contributed by atoms with Crippen LogP contribution in [0.5, 0.6) is 0 Å². The minimum Gasteiger partial charge on any atom is -0.387 e. The summed E-state index contributed by atoms with van der Waals surface area (Å²) in [5.74, 6) is 0. The Hall–Kier alpha value is -5.40. The first kappa shape index (κ1) is 25.1. The molecule has 1 heterocycles. The number of allylic oxidation sites excluding steroid dienone is 2. The first-order valence-electron chi connectivity index (χ1n) is 15.5. The Morgan fingerprint density at radius 3 is 1.61 bits per heavy atom. The first-order chi connectivity index (χ1) is 21.7. The summed E-state index contributed by atoms with van der Waals surface area (Å²) in [6.45, 7) is 5.38. The molecule has 44 heavy (non-hydrogen) atoms. The zero-order valence-electron chi connectivity index (χ0n) is 24.9. The van der Waals surface area contributed by atoms with Crippen molar-refractivity contribution in [1.82, 2.24) is 5.32 Å². The summed E-state index contributed by atoms with van der Waals surface area (Å²) < 4.78 is 0. The Morgan fingerprint density at radius 2 is 1.02 bits per heavy atom. The standard InChI is InChI=1S/C43H31N/c1-26-22-39(27(2)21-38(26)32-11-8-20-44-25-32)43-36-14-5-3-12-34(36)42(35-13-4-6-15-37(35)43)33-23-30-18-16-28-9-7-10-29-17-19-31(24-33)41(30)40(28)29/h3-19,21-25,44H,20H2,1-2H3. The lowest BCUT2D eigenvalue weighted by molar-refractivity contribution is 0.976. The predicted octanol–water partition coefficient (Wildman–Crippen LogP) is 11.3. The van der Waals surface area contributed by atoms with E-state index >= 15 is 0 Å². The number of rotatable bonds is 3. The number of benzene rings is 8. The van der Waals surface area contributed by atoms with Crippen LogP contribution in [0, 0.1) is 13.8 Å². The molecule has 0 bridgehead atoms. The Morgan fingerprint density at radius 1 is 0.500 bits per heavy atom. The molecule has 0 spiro atoms. The second-order valence-electron chi connectivity index (χ2n) is 12.2. The van der Waals surface area contributed by atoms with Gasteiger partial charge in [-0.05, 0) is 124 Å². The van der Waals surface area contributed by atoms with E-state index in [4.69, 9.17) is 0 Å². The van der Waals surface area contributed by atoms with Crippen LogP contribution in [-0.4, -0.2) is 6.54 Å². The van der Waals surface area contributed by atoms with Gasteiger partial charge in [0.2, 0.25) is 0 Å². The highest BCUT2D eigenvalue weighted by Crippen LogP contribution is 2.46. The van der Waals surface area contributed by atoms with Crippen molar-refractivity contribution in [3.05, 3.63) is 150 Å². The molecule has 1 aliphatic heterocycles. The number of aryl methyl sites for hydroxylation is 2. The molecule has 0 aromatic heterocycles. The van der Waals surface area contributed by atoms with E-state index in [1.54, 1.807) is 0 Å². The zero-order chi connectivity index (χ0) is 29.4. The van der Waals surface area contributed by atoms with Crippen LogP contribution in [0.15, 0.2) is 134 Å². The molecule has 8 aromatic carbocycles. The van der Waals surface area contributed by atoms with Gasteiger partial charge >= 0.3 is 0 Å². The zero-order valence-corrected chi connectivity index (χ0v) is 24.9. The second kappa shape index (κ2) is 9.56. The summed E-state index contributed by atoms with van der Waals surface area (Å²) in [5.41, 5.74) is 10.3. The van der Waals surface area contributed by atoms with E-state index in [1.807, 2.05) is 0 Å². The Balaban J connectivity index is 1.34. The molecule has 0 unspecified atom stereocenters. The van der Waals surface area contributed by atoms with Crippen molar-refractivity contribution in [3.8, 4) is 22.3 Å². The van der Waals surface area contributed by atoms with Gasteiger partial charge in [-0.25, -0.2) is 0 Å². The maximum atomic E-state index is 3.37. The molecule has 0 amide bonds. The average molecular weight is 562 g/mol. The summed E-state index contributed by atoms with van der Waals surface area (Å²) in [7, 11) is 0. The van der Waals surface area contributed by atoms with Crippen LogP contribution in [-0.2, 0) is 0 Å². The summed E-state index contributed by atoms with van der Waals surface area (Å²) >= 11 is 0. The van der Waals surface area contributed by atoms with Crippen LogP contribution in [0.25, 0.3) is 81.7 Å². The summed E-state index contributed by atoms with van der Waals surface area (Å²) in [4.78, 5) is 0. The van der Waals surface area contributed by atoms with Crippen molar-refractivity contribution in [2.75, 3.05) is 6.54 Å². The molecule has 1 aliphatic rings. The van der Waals surface area contributed by atoms with E-state index in [0.717, 1.165) is 6.54 Å². The van der Waals surface area contributed by atoms with Crippen LogP contribution < -0.4 is 5.32 Å². The van der Waals surface area contributed by atoms with Gasteiger partial charge in [-0.2, -0.15) is 0 Å². The fourth-order valence-corrected chi connectivity index (χ4v) is 7.66. The number of nitrogens with one attached hydrogen (secondary N) is 1. The summed E-state index contributed by atoms with van der Waals surface area (Å²) in [6, 6.07) is 43.3. The first-order valence-corrected chi connectivity index (χ1v) is 15.5. The van der Waals surface area contributed by atoms with Crippen LogP contribution in [0.4, 0.5) is 0 Å². The number of hydrogen-bond acceptors (Lipinski definition) is 1. The summed E-state index contributed by atoms with van der Waals surface area (Å²) in [6.07, 6.45) is 6.56. The van der Waals surface area contributed by atoms with E-state index < -0.39 is 0 Å². The van der Waals surface area contributed by atoms with E-state index in [0.29, 0.717) is 0 Å². The third-order valence-electron chi connectivity index (χ3n) is 9.63. The van der Waals surface area contributed by atoms with Crippen LogP contribution in [0.3, 0.4) is 0 Å². The maximum Gasteiger partial charge on any atom is 0.0328 e. The summed E-state index contributed by atoms with van der Waals surface area (Å²) in [5, 5.41) is 16.5. The van der Waals surface area contributed by atoms with Crippen LogP contribution in [0.1, 0.15) is 16.7 Å². The maximum absolute atomic E-state index is 3.37. The van der Waals surface area contributed by atoms with Gasteiger partial charge in [0, 0.05) is 12.7 Å². The van der Waals surface area contributed by atoms with Gasteiger partial charge in [0.1, 0.15) is 0 Å². The third-order valence-corrected chi connectivity index (χ3v) is 9.63. The second-order valence-corrected chi connectivity index (χ2v) is 12.2. The van der Waals surface area contributed by atoms with Gasteiger partial charge in [-0.3, -0.25) is 0 Å². The van der Waals surface area contributed by atoms with E-state index in [-0.39, 0.29) is 0 Å². The molecule has 1 nitrogen and oxygen atoms in total. The Labute approximate surface area is 257 Å². The van der Waals surface area contributed by atoms with Crippen molar-refractivity contribution < 1.29 is 0 Å². The van der Waals surface area contributed by atoms with E-state index in [9.17, 15) is 0 Å². The number of fused-ring (bicyclic) bond motifs is 2. The molecule has 0 fully saturated rings. The lowest BCUT2D eigenvalue weighted by atomic mass is 9.82. The Kier molecular flexibility index (Phi) is 5.46. The monoisotopic (exact) mass is 561 g/mol. The van der Waals surface area contributed by atoms with Crippen molar-refractivity contribution in [2.24, 2.45) is 0 Å². The molecule has 0 saturated carbocycles. The molecule has 0 aliphatic carbocycles. The fraction of sp³-hybridized carbons (Fsp3) is 0.0698. The molecular weight excluding hydrogens is 530 g/mol. The van der Waals surface area contributed by atoms with Crippen molar-refractivity contribution in [1.29, 1.82) is 0 Å². The van der Waals surface area contributed by atoms with Crippen molar-refractivity contribution >= 4 is 59.4 Å². The van der Waals surface area contributed by atoms with E-state index in [1.165, 1.54) is 98.4 Å². The van der Waals surface area contributed by atoms with Crippen LogP contribution in [0.2, 0.25) is 0 Å². The minimum atomic E-state index is 0.885. The third kappa shape index (κ3) is 3.66. The molecule has 0 atom stereocenters. The molecular formula is C43H31N. The normalized spacial score (nSPS) is 13.4. The van der Waals surface area contributed by atoms with Gasteiger partial charge < -0.3 is 5.32 Å². The highest BCUT2D eigenvalue weighted by atomic mass is 14.8. The van der Waals surface area contributed by atoms with Gasteiger partial charge in [0.25, 0.3) is 0 Å². The fourth-order valence-electron chi connectivity index (χ4n) is 7.66. The SMILES string of the molecule is Cc1cc(-c2c3ccccc3c(-c3cc4ccc5cccc6ccc(c3)c4c56)c3ccccc23)c(C)cc1C1=CNCC=C1. The molecule has 208 valence electrons. The predicted molar refractivity (Wildman–Crippen MR) is 191 cm³/mol. The van der Waals surface area contributed by atoms with Crippen molar-refractivity contribution in [3.63, 3.8) is 0 Å². The smallest absolute Gasteiger partial charge is 0.0328 e. The largest absolute Gasteiger partial charge is 0.387 e. The lowest BCUT2D eigenvalue weighted by Crippen LogP contribution is -2.09. The highest BCUT2D eigenvalue weighted by Gasteiger charge is 2.20. The lowest BCUT2D eigenvalue weighted by Gasteiger charge is -2.21. The van der Waals surface area contributed by atoms with Gasteiger partial charge in [-0.15, -0.1) is 0 Å². The van der Waals surface area contributed by atoms with Crippen molar-refractivity contribution in [2.45, 2.75) is 13.8 Å². The molecule has 1 heteroatoms. The quantitative estimate of drug-likeness (QED) is 0.167.